The summed E-state index contributed by atoms with van der Waals surface area (Å²) in [6.07, 6.45) is 10.5. The maximum atomic E-state index is 10.9. The van der Waals surface area contributed by atoms with Gasteiger partial charge in [-0.25, -0.2) is 4.98 Å². The Kier molecular flexibility index (Phi) is 3.29. The number of hydrogen-bond acceptors (Lipinski definition) is 3. The molecule has 0 saturated carbocycles. The number of nitrogens with one attached hydrogen (secondary N) is 1. The van der Waals surface area contributed by atoms with E-state index in [9.17, 15) is 4.79 Å². The molecule has 3 rings (SSSR count). The molecule has 0 radical (unpaired) electrons. The minimum absolute atomic E-state index is 0.447. The van der Waals surface area contributed by atoms with E-state index in [0.717, 1.165) is 22.2 Å². The van der Waals surface area contributed by atoms with Crippen LogP contribution in [0, 0.1) is 0 Å². The van der Waals surface area contributed by atoms with Gasteiger partial charge in [-0.15, -0.1) is 0 Å². The highest BCUT2D eigenvalue weighted by Crippen LogP contribution is 2.28. The van der Waals surface area contributed by atoms with Crippen molar-refractivity contribution in [3.8, 4) is 11.1 Å². The number of primary amides is 1. The molecule has 112 valence electrons. The van der Waals surface area contributed by atoms with Crippen molar-refractivity contribution in [2.24, 2.45) is 5.73 Å². The SMILES string of the molecule is CC(C)(/C=C/C(N)=O)n1cc(-c2ccnc3[nH]ccc23)cn1. The standard InChI is InChI=1S/C16H17N5O/c1-16(2,6-3-14(17)22)21-10-11(9-20-21)12-4-7-18-15-13(12)5-8-19-15/h3-10H,1-2H3,(H2,17,22)(H,18,19)/b6-3+. The largest absolute Gasteiger partial charge is 0.366 e. The van der Waals surface area contributed by atoms with Gasteiger partial charge in [0.25, 0.3) is 0 Å². The molecule has 0 fully saturated rings. The number of aromatic nitrogens is 4. The second kappa shape index (κ2) is 5.14. The lowest BCUT2D eigenvalue weighted by molar-refractivity contribution is -0.113. The van der Waals surface area contributed by atoms with Gasteiger partial charge in [-0.1, -0.05) is 6.08 Å². The molecular formula is C16H17N5O. The number of carbonyl (C=O) groups is 1. The topological polar surface area (TPSA) is 89.6 Å². The Bertz CT molecular complexity index is 856. The molecule has 6 heteroatoms. The first-order chi connectivity index (χ1) is 10.5. The number of amides is 1. The molecule has 3 heterocycles. The number of rotatable bonds is 4. The first-order valence-corrected chi connectivity index (χ1v) is 6.94. The summed E-state index contributed by atoms with van der Waals surface area (Å²) in [5.41, 5.74) is 7.61. The third-order valence-electron chi connectivity index (χ3n) is 3.60. The van der Waals surface area contributed by atoms with Gasteiger partial charge in [-0.3, -0.25) is 9.48 Å². The van der Waals surface area contributed by atoms with Crippen LogP contribution in [-0.2, 0) is 10.3 Å². The Labute approximate surface area is 127 Å². The average molecular weight is 295 g/mol. The second-order valence-corrected chi connectivity index (χ2v) is 5.66. The van der Waals surface area contributed by atoms with E-state index in [2.05, 4.69) is 15.1 Å². The van der Waals surface area contributed by atoms with Gasteiger partial charge in [0, 0.05) is 35.6 Å². The molecule has 3 aromatic rings. The van der Waals surface area contributed by atoms with Crippen LogP contribution < -0.4 is 5.73 Å². The van der Waals surface area contributed by atoms with E-state index >= 15 is 0 Å². The van der Waals surface area contributed by atoms with Crippen LogP contribution in [0.25, 0.3) is 22.2 Å². The van der Waals surface area contributed by atoms with Crippen LogP contribution in [0.4, 0.5) is 0 Å². The number of fused-ring (bicyclic) bond motifs is 1. The summed E-state index contributed by atoms with van der Waals surface area (Å²) < 4.78 is 1.81. The Hall–Kier alpha value is -2.89. The molecule has 0 spiro atoms. The number of pyridine rings is 1. The molecule has 1 amide bonds. The molecule has 0 aliphatic heterocycles. The van der Waals surface area contributed by atoms with Crippen LogP contribution in [0.5, 0.6) is 0 Å². The molecule has 0 aliphatic carbocycles. The Morgan fingerprint density at radius 3 is 3.00 bits per heavy atom. The van der Waals surface area contributed by atoms with E-state index < -0.39 is 11.4 Å². The van der Waals surface area contributed by atoms with Crippen LogP contribution in [-0.4, -0.2) is 25.7 Å². The van der Waals surface area contributed by atoms with Crippen molar-refractivity contribution in [1.29, 1.82) is 0 Å². The number of H-pyrrole nitrogens is 1. The first-order valence-electron chi connectivity index (χ1n) is 6.94. The van der Waals surface area contributed by atoms with Crippen LogP contribution in [0.1, 0.15) is 13.8 Å². The molecular weight excluding hydrogens is 278 g/mol. The molecule has 0 aliphatic rings. The number of hydrogen-bond donors (Lipinski definition) is 2. The minimum atomic E-state index is -0.469. The van der Waals surface area contributed by atoms with E-state index in [1.165, 1.54) is 6.08 Å². The quantitative estimate of drug-likeness (QED) is 0.723. The van der Waals surface area contributed by atoms with Crippen molar-refractivity contribution >= 4 is 16.9 Å². The lowest BCUT2D eigenvalue weighted by atomic mass is 10.0. The maximum absolute atomic E-state index is 10.9. The lowest BCUT2D eigenvalue weighted by Crippen LogP contribution is -2.24. The predicted molar refractivity (Wildman–Crippen MR) is 85.0 cm³/mol. The summed E-state index contributed by atoms with van der Waals surface area (Å²) in [5, 5.41) is 5.46. The number of nitrogens with two attached hydrogens (primary N) is 1. The van der Waals surface area contributed by atoms with Crippen LogP contribution in [0.15, 0.2) is 49.1 Å². The van der Waals surface area contributed by atoms with Crippen molar-refractivity contribution in [3.63, 3.8) is 0 Å². The summed E-state index contributed by atoms with van der Waals surface area (Å²) in [6.45, 7) is 3.92. The number of carbonyl (C=O) groups excluding carboxylic acids is 1. The Balaban J connectivity index is 2.00. The highest BCUT2D eigenvalue weighted by Gasteiger charge is 2.18. The molecule has 6 nitrogen and oxygen atoms in total. The van der Waals surface area contributed by atoms with Crippen molar-refractivity contribution in [3.05, 3.63) is 49.1 Å². The minimum Gasteiger partial charge on any atom is -0.366 e. The first kappa shape index (κ1) is 14.1. The van der Waals surface area contributed by atoms with E-state index in [1.54, 1.807) is 17.0 Å². The summed E-state index contributed by atoms with van der Waals surface area (Å²) in [5.74, 6) is -0.469. The molecule has 3 N–H and O–H groups in total. The maximum Gasteiger partial charge on any atom is 0.241 e. The van der Waals surface area contributed by atoms with E-state index in [-0.39, 0.29) is 0 Å². The molecule has 3 aromatic heterocycles. The Morgan fingerprint density at radius 1 is 1.41 bits per heavy atom. The van der Waals surface area contributed by atoms with Gasteiger partial charge in [-0.05, 0) is 31.5 Å². The molecule has 0 unspecified atom stereocenters. The van der Waals surface area contributed by atoms with Crippen molar-refractivity contribution < 1.29 is 4.79 Å². The zero-order chi connectivity index (χ0) is 15.7. The van der Waals surface area contributed by atoms with Crippen LogP contribution in [0.2, 0.25) is 0 Å². The normalized spacial score (nSPS) is 12.3. The molecule has 0 bridgehead atoms. The highest BCUT2D eigenvalue weighted by molar-refractivity contribution is 5.92. The molecule has 0 saturated heterocycles. The third-order valence-corrected chi connectivity index (χ3v) is 3.60. The predicted octanol–water partition coefficient (Wildman–Crippen LogP) is 2.20. The van der Waals surface area contributed by atoms with E-state index in [1.807, 2.05) is 44.6 Å². The fourth-order valence-electron chi connectivity index (χ4n) is 2.35. The average Bonchev–Trinajstić information content (AvgIpc) is 3.14. The van der Waals surface area contributed by atoms with Crippen molar-refractivity contribution in [1.82, 2.24) is 19.7 Å². The lowest BCUT2D eigenvalue weighted by Gasteiger charge is -2.20. The smallest absolute Gasteiger partial charge is 0.241 e. The van der Waals surface area contributed by atoms with E-state index in [4.69, 9.17) is 5.73 Å². The number of nitrogens with zero attached hydrogens (tertiary/aromatic N) is 3. The second-order valence-electron chi connectivity index (χ2n) is 5.66. The fraction of sp³-hybridized carbons (Fsp3) is 0.188. The third kappa shape index (κ3) is 2.50. The van der Waals surface area contributed by atoms with Gasteiger partial charge >= 0.3 is 0 Å². The van der Waals surface area contributed by atoms with Crippen molar-refractivity contribution in [2.45, 2.75) is 19.4 Å². The van der Waals surface area contributed by atoms with Gasteiger partial charge in [-0.2, -0.15) is 5.10 Å². The van der Waals surface area contributed by atoms with Crippen LogP contribution >= 0.6 is 0 Å². The molecule has 0 atom stereocenters. The van der Waals surface area contributed by atoms with Gasteiger partial charge in [0.1, 0.15) is 5.65 Å². The summed E-state index contributed by atoms with van der Waals surface area (Å²) in [7, 11) is 0. The fourth-order valence-corrected chi connectivity index (χ4v) is 2.35. The Morgan fingerprint density at radius 2 is 2.23 bits per heavy atom. The van der Waals surface area contributed by atoms with Crippen LogP contribution in [0.3, 0.4) is 0 Å². The zero-order valence-corrected chi connectivity index (χ0v) is 12.4. The monoisotopic (exact) mass is 295 g/mol. The van der Waals surface area contributed by atoms with Gasteiger partial charge in [0.2, 0.25) is 5.91 Å². The van der Waals surface area contributed by atoms with E-state index in [0.29, 0.717) is 0 Å². The zero-order valence-electron chi connectivity index (χ0n) is 12.4. The molecule has 0 aromatic carbocycles. The summed E-state index contributed by atoms with van der Waals surface area (Å²) in [6, 6.07) is 3.96. The van der Waals surface area contributed by atoms with Gasteiger partial charge < -0.3 is 10.7 Å². The summed E-state index contributed by atoms with van der Waals surface area (Å²) in [4.78, 5) is 18.3. The highest BCUT2D eigenvalue weighted by atomic mass is 16.1. The number of aromatic amines is 1. The van der Waals surface area contributed by atoms with Crippen molar-refractivity contribution in [2.75, 3.05) is 0 Å². The van der Waals surface area contributed by atoms with Gasteiger partial charge in [0.15, 0.2) is 0 Å². The van der Waals surface area contributed by atoms with Gasteiger partial charge in [0.05, 0.1) is 11.7 Å². The molecule has 22 heavy (non-hydrogen) atoms. The number of allylic oxidation sites excluding steroid dienone is 1. The summed E-state index contributed by atoms with van der Waals surface area (Å²) >= 11 is 0.